The van der Waals surface area contributed by atoms with Crippen LogP contribution in [0, 0.1) is 27.1 Å². The van der Waals surface area contributed by atoms with Gasteiger partial charge in [0.15, 0.2) is 5.84 Å². The number of nitrogen functional groups attached to an aromatic ring is 1. The third-order valence-electron chi connectivity index (χ3n) is 5.09. The van der Waals surface area contributed by atoms with Crippen molar-refractivity contribution in [2.75, 3.05) is 12.3 Å². The summed E-state index contributed by atoms with van der Waals surface area (Å²) < 4.78 is 1.82. The summed E-state index contributed by atoms with van der Waals surface area (Å²) >= 11 is 0. The van der Waals surface area contributed by atoms with E-state index < -0.39 is 0 Å². The summed E-state index contributed by atoms with van der Waals surface area (Å²) in [4.78, 5) is 4.61. The Balaban J connectivity index is 2.12. The Kier molecular flexibility index (Phi) is 6.79. The Hall–Kier alpha value is -2.18. The number of nitrogens with one attached hydrogen (secondary N) is 1. The number of hydrazone groups is 1. The minimum atomic E-state index is 0.0277. The van der Waals surface area contributed by atoms with Gasteiger partial charge in [0.1, 0.15) is 17.2 Å². The molecule has 2 heterocycles. The summed E-state index contributed by atoms with van der Waals surface area (Å²) in [5.41, 5.74) is 8.01. The molecular weight excluding hydrogens is 386 g/mol. The van der Waals surface area contributed by atoms with Gasteiger partial charge in [0.25, 0.3) is 0 Å². The molecular formula is C24H43N7. The molecule has 0 radical (unpaired) electrons. The van der Waals surface area contributed by atoms with E-state index in [0.29, 0.717) is 29.6 Å². The molecule has 174 valence electrons. The van der Waals surface area contributed by atoms with Crippen LogP contribution in [0.3, 0.4) is 0 Å². The average Bonchev–Trinajstić information content (AvgIpc) is 3.00. The van der Waals surface area contributed by atoms with Gasteiger partial charge in [0.2, 0.25) is 0 Å². The van der Waals surface area contributed by atoms with Gasteiger partial charge < -0.3 is 5.73 Å². The summed E-state index contributed by atoms with van der Waals surface area (Å²) in [7, 11) is 0. The van der Waals surface area contributed by atoms with Gasteiger partial charge in [-0.15, -0.1) is 0 Å². The molecule has 2 rings (SSSR count). The lowest BCUT2D eigenvalue weighted by molar-refractivity contribution is 0.172. The molecule has 7 heteroatoms. The van der Waals surface area contributed by atoms with Crippen LogP contribution in [0.15, 0.2) is 16.3 Å². The van der Waals surface area contributed by atoms with Crippen LogP contribution < -0.4 is 5.73 Å². The second-order valence-electron chi connectivity index (χ2n) is 13.0. The normalized spacial score (nSPS) is 17.3. The van der Waals surface area contributed by atoms with Crippen LogP contribution in [0.5, 0.6) is 0 Å². The van der Waals surface area contributed by atoms with Crippen molar-refractivity contribution in [3.8, 4) is 0 Å². The highest BCUT2D eigenvalue weighted by Gasteiger charge is 2.32. The lowest BCUT2D eigenvalue weighted by Gasteiger charge is -2.34. The van der Waals surface area contributed by atoms with Gasteiger partial charge in [0, 0.05) is 13.1 Å². The fourth-order valence-electron chi connectivity index (χ4n) is 5.10. The molecule has 0 saturated carbocycles. The van der Waals surface area contributed by atoms with E-state index in [0.717, 1.165) is 19.4 Å². The van der Waals surface area contributed by atoms with Gasteiger partial charge in [-0.05, 0) is 34.5 Å². The predicted octanol–water partition coefficient (Wildman–Crippen LogP) is 5.74. The Labute approximate surface area is 188 Å². The topological polar surface area (TPSA) is 95.7 Å². The first kappa shape index (κ1) is 25.1. The number of nitrogens with two attached hydrogens (primary N) is 1. The van der Waals surface area contributed by atoms with E-state index in [4.69, 9.17) is 11.1 Å². The number of amidine groups is 1. The highest BCUT2D eigenvalue weighted by Crippen LogP contribution is 2.36. The van der Waals surface area contributed by atoms with E-state index in [9.17, 15) is 0 Å². The molecule has 0 spiro atoms. The fourth-order valence-corrected chi connectivity index (χ4v) is 5.10. The summed E-state index contributed by atoms with van der Waals surface area (Å²) in [6, 6.07) is 0. The quantitative estimate of drug-likeness (QED) is 0.578. The SMILES string of the molecule is CC(C)(C)CC(C)(C)CN1N=CC(=Nc2cnn(CC(C)(C)CC(C)(C)C)c2N)C1=N. The van der Waals surface area contributed by atoms with Crippen molar-refractivity contribution in [1.82, 2.24) is 14.8 Å². The zero-order valence-corrected chi connectivity index (χ0v) is 21.3. The van der Waals surface area contributed by atoms with Crippen molar-refractivity contribution in [2.24, 2.45) is 31.8 Å². The van der Waals surface area contributed by atoms with E-state index in [1.54, 1.807) is 17.4 Å². The molecule has 0 unspecified atom stereocenters. The number of anilines is 1. The van der Waals surface area contributed by atoms with Crippen molar-refractivity contribution in [3.05, 3.63) is 6.20 Å². The molecule has 0 aliphatic carbocycles. The second kappa shape index (κ2) is 8.40. The van der Waals surface area contributed by atoms with Crippen LogP contribution in [0.1, 0.15) is 82.1 Å². The molecule has 7 nitrogen and oxygen atoms in total. The molecule has 0 bridgehead atoms. The maximum Gasteiger partial charge on any atom is 0.169 e. The predicted molar refractivity (Wildman–Crippen MR) is 132 cm³/mol. The van der Waals surface area contributed by atoms with Crippen LogP contribution in [-0.2, 0) is 6.54 Å². The molecule has 0 amide bonds. The fraction of sp³-hybridized carbons (Fsp3) is 0.750. The lowest BCUT2D eigenvalue weighted by Crippen LogP contribution is -2.36. The van der Waals surface area contributed by atoms with Gasteiger partial charge in [-0.2, -0.15) is 10.2 Å². The maximum absolute atomic E-state index is 8.55. The molecule has 3 N–H and O–H groups in total. The van der Waals surface area contributed by atoms with Crippen molar-refractivity contribution in [3.63, 3.8) is 0 Å². The Bertz CT molecular complexity index is 857. The minimum Gasteiger partial charge on any atom is -0.382 e. The van der Waals surface area contributed by atoms with Crippen LogP contribution in [0.2, 0.25) is 0 Å². The van der Waals surface area contributed by atoms with Crippen LogP contribution in [-0.4, -0.2) is 39.1 Å². The first-order valence-corrected chi connectivity index (χ1v) is 11.2. The van der Waals surface area contributed by atoms with E-state index in [-0.39, 0.29) is 21.7 Å². The maximum atomic E-state index is 8.55. The zero-order valence-electron chi connectivity index (χ0n) is 21.3. The van der Waals surface area contributed by atoms with E-state index in [2.05, 4.69) is 84.4 Å². The first-order chi connectivity index (χ1) is 13.9. The Morgan fingerprint density at radius 1 is 0.903 bits per heavy atom. The first-order valence-electron chi connectivity index (χ1n) is 11.2. The molecule has 0 aromatic carbocycles. The molecule has 31 heavy (non-hydrogen) atoms. The Morgan fingerprint density at radius 2 is 1.42 bits per heavy atom. The summed E-state index contributed by atoms with van der Waals surface area (Å²) in [5.74, 6) is 0.837. The highest BCUT2D eigenvalue weighted by atomic mass is 15.5. The zero-order chi connectivity index (χ0) is 23.8. The number of aliphatic imine (C=N–C) groups is 1. The molecule has 1 aromatic rings. The highest BCUT2D eigenvalue weighted by molar-refractivity contribution is 6.63. The summed E-state index contributed by atoms with van der Waals surface area (Å²) in [5, 5.41) is 19.2. The van der Waals surface area contributed by atoms with Gasteiger partial charge in [-0.25, -0.2) is 14.7 Å². The number of rotatable bonds is 7. The molecule has 1 aromatic heterocycles. The van der Waals surface area contributed by atoms with E-state index >= 15 is 0 Å². The lowest BCUT2D eigenvalue weighted by atomic mass is 9.76. The molecule has 0 fully saturated rings. The van der Waals surface area contributed by atoms with E-state index in [1.807, 2.05) is 4.68 Å². The van der Waals surface area contributed by atoms with Gasteiger partial charge >= 0.3 is 0 Å². The molecule has 1 aliphatic rings. The third kappa shape index (κ3) is 7.47. The number of hydrogen-bond donors (Lipinski definition) is 2. The minimum absolute atomic E-state index is 0.0277. The van der Waals surface area contributed by atoms with Crippen molar-refractivity contribution in [2.45, 2.75) is 88.6 Å². The summed E-state index contributed by atoms with van der Waals surface area (Å²) in [6.45, 7) is 23.8. The van der Waals surface area contributed by atoms with Crippen LogP contribution >= 0.6 is 0 Å². The van der Waals surface area contributed by atoms with Gasteiger partial charge in [0.05, 0.1) is 12.4 Å². The average molecular weight is 430 g/mol. The number of aromatic nitrogens is 2. The number of hydrogen-bond acceptors (Lipinski definition) is 5. The smallest absolute Gasteiger partial charge is 0.169 e. The molecule has 0 saturated heterocycles. The van der Waals surface area contributed by atoms with Gasteiger partial charge in [-0.3, -0.25) is 5.41 Å². The third-order valence-corrected chi connectivity index (χ3v) is 5.09. The number of nitrogens with zero attached hydrogens (tertiary/aromatic N) is 5. The van der Waals surface area contributed by atoms with Crippen LogP contribution in [0.25, 0.3) is 0 Å². The van der Waals surface area contributed by atoms with Crippen LogP contribution in [0.4, 0.5) is 11.5 Å². The molecule has 0 atom stereocenters. The van der Waals surface area contributed by atoms with Gasteiger partial charge in [-0.1, -0.05) is 69.2 Å². The van der Waals surface area contributed by atoms with Crippen molar-refractivity contribution >= 4 is 29.3 Å². The largest absolute Gasteiger partial charge is 0.382 e. The van der Waals surface area contributed by atoms with Crippen molar-refractivity contribution in [1.29, 1.82) is 5.41 Å². The Morgan fingerprint density at radius 3 is 1.94 bits per heavy atom. The summed E-state index contributed by atoms with van der Waals surface area (Å²) in [6.07, 6.45) is 5.42. The monoisotopic (exact) mass is 429 g/mol. The molecule has 1 aliphatic heterocycles. The second-order valence-corrected chi connectivity index (χ2v) is 13.0. The standard InChI is InChI=1S/C24H43N7/c1-21(2,3)13-23(7,8)15-30-19(25)17(11-27-30)29-18-12-28-31(20(18)26)16-24(9,10)14-22(4,5)6/h11-12,25H,13-16,26H2,1-10H3. The van der Waals surface area contributed by atoms with E-state index in [1.165, 1.54) is 0 Å². The van der Waals surface area contributed by atoms with Crippen molar-refractivity contribution < 1.29 is 0 Å².